The van der Waals surface area contributed by atoms with E-state index in [0.29, 0.717) is 18.3 Å². The van der Waals surface area contributed by atoms with Gasteiger partial charge >= 0.3 is 0 Å². The fraction of sp³-hybridized carbons (Fsp3) is 0.600. The number of piperidine rings is 1. The van der Waals surface area contributed by atoms with Crippen molar-refractivity contribution in [2.75, 3.05) is 25.5 Å². The number of aromatic nitrogens is 3. The Morgan fingerprint density at radius 3 is 3.00 bits per heavy atom. The Hall–Kier alpha value is -2.22. The van der Waals surface area contributed by atoms with E-state index in [1.807, 2.05) is 13.0 Å². The molecule has 1 unspecified atom stereocenters. The number of rotatable bonds is 5. The predicted octanol–water partition coefficient (Wildman–Crippen LogP) is 3.50. The fourth-order valence-electron chi connectivity index (χ4n) is 4.63. The molecule has 0 aliphatic carbocycles. The lowest BCUT2D eigenvalue weighted by atomic mass is 9.86. The van der Waals surface area contributed by atoms with Crippen LogP contribution in [0, 0.1) is 12.8 Å². The van der Waals surface area contributed by atoms with Crippen LogP contribution in [0.1, 0.15) is 36.4 Å². The maximum atomic E-state index is 13.6. The highest BCUT2D eigenvalue weighted by Gasteiger charge is 2.38. The number of hydrogen-bond donors (Lipinski definition) is 1. The van der Waals surface area contributed by atoms with Crippen molar-refractivity contribution in [3.05, 3.63) is 35.7 Å². The molecular formula is C20H27F2N5O. The van der Waals surface area contributed by atoms with E-state index in [4.69, 9.17) is 4.74 Å². The lowest BCUT2D eigenvalue weighted by Crippen LogP contribution is -2.46. The summed E-state index contributed by atoms with van der Waals surface area (Å²) < 4.78 is 34.0. The summed E-state index contributed by atoms with van der Waals surface area (Å²) in [4.78, 5) is 6.54. The van der Waals surface area contributed by atoms with Crippen molar-refractivity contribution in [3.8, 4) is 5.75 Å². The van der Waals surface area contributed by atoms with E-state index in [2.05, 4.69) is 32.4 Å². The molecule has 3 heterocycles. The molecule has 1 fully saturated rings. The van der Waals surface area contributed by atoms with E-state index in [1.165, 1.54) is 16.6 Å². The molecule has 152 valence electrons. The molecule has 0 saturated carbocycles. The number of methoxy groups -OCH3 is 1. The Morgan fingerprint density at radius 1 is 1.36 bits per heavy atom. The summed E-state index contributed by atoms with van der Waals surface area (Å²) >= 11 is 0. The van der Waals surface area contributed by atoms with Crippen LogP contribution in [-0.2, 0) is 6.54 Å². The number of fused-ring (bicyclic) bond motifs is 1. The van der Waals surface area contributed by atoms with Crippen LogP contribution in [0.15, 0.2) is 24.5 Å². The number of halogens is 2. The summed E-state index contributed by atoms with van der Waals surface area (Å²) in [7, 11) is 1.71. The maximum absolute atomic E-state index is 13.6. The van der Waals surface area contributed by atoms with Crippen LogP contribution in [0.4, 0.5) is 14.7 Å². The highest BCUT2D eigenvalue weighted by Crippen LogP contribution is 2.35. The van der Waals surface area contributed by atoms with Crippen molar-refractivity contribution in [3.63, 3.8) is 0 Å². The van der Waals surface area contributed by atoms with Gasteiger partial charge < -0.3 is 10.1 Å². The number of alkyl halides is 2. The van der Waals surface area contributed by atoms with Gasteiger partial charge in [0.2, 0.25) is 5.95 Å². The summed E-state index contributed by atoms with van der Waals surface area (Å²) in [6, 6.07) is 5.28. The highest BCUT2D eigenvalue weighted by molar-refractivity contribution is 5.40. The third-order valence-electron chi connectivity index (χ3n) is 5.99. The first-order chi connectivity index (χ1) is 13.6. The molecule has 1 N–H and O–H groups in total. The van der Waals surface area contributed by atoms with Crippen LogP contribution in [0.5, 0.6) is 5.75 Å². The second kappa shape index (κ2) is 8.03. The fourth-order valence-corrected chi connectivity index (χ4v) is 4.63. The maximum Gasteiger partial charge on any atom is 0.260 e. The molecule has 8 heteroatoms. The van der Waals surface area contributed by atoms with Crippen LogP contribution >= 0.6 is 0 Å². The Morgan fingerprint density at radius 2 is 2.21 bits per heavy atom. The van der Waals surface area contributed by atoms with Gasteiger partial charge in [0, 0.05) is 24.7 Å². The first-order valence-electron chi connectivity index (χ1n) is 9.86. The number of para-hydroxylation sites is 1. The van der Waals surface area contributed by atoms with Crippen LogP contribution in [0.25, 0.3) is 0 Å². The van der Waals surface area contributed by atoms with Gasteiger partial charge in [0.15, 0.2) is 0 Å². The van der Waals surface area contributed by atoms with E-state index >= 15 is 0 Å². The quantitative estimate of drug-likeness (QED) is 0.846. The predicted molar refractivity (Wildman–Crippen MR) is 103 cm³/mol. The minimum absolute atomic E-state index is 0.0158. The highest BCUT2D eigenvalue weighted by atomic mass is 19.3. The SMILES string of the molecule is COc1c(C)cccc1CN1CCCC([C@@H]2C[C@H](C(F)F)n3ncnc3N2)C1. The molecule has 2 aromatic rings. The van der Waals surface area contributed by atoms with Gasteiger partial charge in [-0.2, -0.15) is 10.1 Å². The zero-order chi connectivity index (χ0) is 19.7. The molecule has 1 saturated heterocycles. The first-order valence-corrected chi connectivity index (χ1v) is 9.86. The Kier molecular flexibility index (Phi) is 5.48. The number of anilines is 1. The molecule has 2 aliphatic heterocycles. The van der Waals surface area contributed by atoms with Gasteiger partial charge in [0.05, 0.1) is 7.11 Å². The Balaban J connectivity index is 1.47. The topological polar surface area (TPSA) is 55.2 Å². The smallest absolute Gasteiger partial charge is 0.260 e. The van der Waals surface area contributed by atoms with Gasteiger partial charge in [-0.15, -0.1) is 0 Å². The van der Waals surface area contributed by atoms with Gasteiger partial charge in [-0.1, -0.05) is 18.2 Å². The van der Waals surface area contributed by atoms with E-state index < -0.39 is 12.5 Å². The standard InChI is InChI=1S/C20H27F2N5O/c1-13-5-3-6-15(18(13)28-2)11-26-8-4-7-14(10-26)16-9-17(19(21)22)27-20(25-16)23-12-24-27/h3,5-6,12,14,16-17,19H,4,7-11H2,1-2H3,(H,23,24,25)/t14?,16-,17+/m0/s1. The Bertz CT molecular complexity index is 812. The zero-order valence-electron chi connectivity index (χ0n) is 16.3. The second-order valence-corrected chi connectivity index (χ2v) is 7.82. The number of nitrogens with zero attached hydrogens (tertiary/aromatic N) is 4. The molecule has 3 atom stereocenters. The molecule has 0 radical (unpaired) electrons. The number of nitrogens with one attached hydrogen (secondary N) is 1. The molecule has 6 nitrogen and oxygen atoms in total. The minimum Gasteiger partial charge on any atom is -0.496 e. The minimum atomic E-state index is -2.44. The number of likely N-dealkylation sites (tertiary alicyclic amines) is 1. The normalized spacial score (nSPS) is 25.4. The van der Waals surface area contributed by atoms with Crippen LogP contribution in [-0.4, -0.2) is 52.3 Å². The van der Waals surface area contributed by atoms with E-state index in [9.17, 15) is 8.78 Å². The van der Waals surface area contributed by atoms with Gasteiger partial charge in [-0.05, 0) is 44.2 Å². The molecule has 0 bridgehead atoms. The van der Waals surface area contributed by atoms with E-state index in [-0.39, 0.29) is 6.04 Å². The van der Waals surface area contributed by atoms with Crippen molar-refractivity contribution in [1.29, 1.82) is 0 Å². The van der Waals surface area contributed by atoms with Crippen LogP contribution in [0.2, 0.25) is 0 Å². The molecule has 28 heavy (non-hydrogen) atoms. The lowest BCUT2D eigenvalue weighted by molar-refractivity contribution is 0.0550. The first kappa shape index (κ1) is 19.1. The van der Waals surface area contributed by atoms with E-state index in [1.54, 1.807) is 7.11 Å². The number of ether oxygens (including phenoxy) is 1. The van der Waals surface area contributed by atoms with Gasteiger partial charge in [0.25, 0.3) is 6.43 Å². The Labute approximate surface area is 163 Å². The average molecular weight is 391 g/mol. The molecule has 0 amide bonds. The van der Waals surface area contributed by atoms with Crippen molar-refractivity contribution >= 4 is 5.95 Å². The summed E-state index contributed by atoms with van der Waals surface area (Å²) in [6.07, 6.45) is 1.37. The van der Waals surface area contributed by atoms with Crippen molar-refractivity contribution < 1.29 is 13.5 Å². The molecule has 1 aromatic heterocycles. The number of hydrogen-bond acceptors (Lipinski definition) is 5. The summed E-state index contributed by atoms with van der Waals surface area (Å²) in [6.45, 7) is 4.74. The largest absolute Gasteiger partial charge is 0.496 e. The van der Waals surface area contributed by atoms with Gasteiger partial charge in [-0.25, -0.2) is 13.5 Å². The van der Waals surface area contributed by atoms with Gasteiger partial charge in [-0.3, -0.25) is 4.90 Å². The van der Waals surface area contributed by atoms with Gasteiger partial charge in [0.1, 0.15) is 18.1 Å². The summed E-state index contributed by atoms with van der Waals surface area (Å²) in [5.41, 5.74) is 2.30. The molecular weight excluding hydrogens is 364 g/mol. The molecule has 2 aliphatic rings. The molecule has 4 rings (SSSR count). The third-order valence-corrected chi connectivity index (χ3v) is 5.99. The lowest BCUT2D eigenvalue weighted by Gasteiger charge is -2.40. The van der Waals surface area contributed by atoms with Crippen molar-refractivity contribution in [1.82, 2.24) is 19.7 Å². The number of benzene rings is 1. The van der Waals surface area contributed by atoms with Crippen molar-refractivity contribution in [2.24, 2.45) is 5.92 Å². The van der Waals surface area contributed by atoms with Crippen molar-refractivity contribution in [2.45, 2.75) is 51.2 Å². The molecule has 1 aromatic carbocycles. The van der Waals surface area contributed by atoms with Crippen LogP contribution in [0.3, 0.4) is 0 Å². The second-order valence-electron chi connectivity index (χ2n) is 7.82. The average Bonchev–Trinajstić information content (AvgIpc) is 3.16. The zero-order valence-corrected chi connectivity index (χ0v) is 16.3. The van der Waals surface area contributed by atoms with E-state index in [0.717, 1.165) is 43.8 Å². The number of aryl methyl sites for hydroxylation is 1. The summed E-state index contributed by atoms with van der Waals surface area (Å²) in [5.74, 6) is 1.70. The van der Waals surface area contributed by atoms with Crippen LogP contribution < -0.4 is 10.1 Å². The third kappa shape index (κ3) is 3.70. The monoisotopic (exact) mass is 391 g/mol. The molecule has 0 spiro atoms. The summed E-state index contributed by atoms with van der Waals surface area (Å²) in [5, 5.41) is 7.33.